The van der Waals surface area contributed by atoms with Gasteiger partial charge in [-0.15, -0.1) is 0 Å². The summed E-state index contributed by atoms with van der Waals surface area (Å²) in [6.45, 7) is 6.64. The molecule has 2 aliphatic rings. The van der Waals surface area contributed by atoms with Crippen LogP contribution in [-0.4, -0.2) is 51.1 Å². The quantitative estimate of drug-likeness (QED) is 0.805. The molecule has 0 spiro atoms. The normalized spacial score (nSPS) is 19.2. The van der Waals surface area contributed by atoms with E-state index in [9.17, 15) is 9.59 Å². The number of nitrogens with zero attached hydrogens (tertiary/aromatic N) is 1. The predicted octanol–water partition coefficient (Wildman–Crippen LogP) is 0.0928. The summed E-state index contributed by atoms with van der Waals surface area (Å²) >= 11 is 6.09. The molecule has 6 heteroatoms. The zero-order valence-corrected chi connectivity index (χ0v) is 12.7. The SMILES string of the molecule is Cc1ccc(Cl)c2c1N(CC[NH+]1CCOCC1)C(=O)C2=O. The van der Waals surface area contributed by atoms with Crippen LogP contribution in [0.2, 0.25) is 5.02 Å². The molecule has 2 heterocycles. The third-order valence-corrected chi connectivity index (χ3v) is 4.47. The minimum atomic E-state index is -0.490. The lowest BCUT2D eigenvalue weighted by Crippen LogP contribution is -3.14. The van der Waals surface area contributed by atoms with Crippen molar-refractivity contribution in [2.75, 3.05) is 44.3 Å². The summed E-state index contributed by atoms with van der Waals surface area (Å²) in [5.41, 5.74) is 1.95. The van der Waals surface area contributed by atoms with Crippen LogP contribution in [0.15, 0.2) is 12.1 Å². The van der Waals surface area contributed by atoms with Gasteiger partial charge in [0.15, 0.2) is 0 Å². The van der Waals surface area contributed by atoms with Gasteiger partial charge >= 0.3 is 0 Å². The van der Waals surface area contributed by atoms with Crippen molar-refractivity contribution in [3.8, 4) is 0 Å². The second-order valence-electron chi connectivity index (χ2n) is 5.49. The maximum absolute atomic E-state index is 12.2. The number of hydrogen-bond acceptors (Lipinski definition) is 3. The van der Waals surface area contributed by atoms with Crippen LogP contribution in [0.1, 0.15) is 15.9 Å². The molecule has 0 bridgehead atoms. The number of carbonyl (C=O) groups excluding carboxylic acids is 2. The van der Waals surface area contributed by atoms with E-state index in [0.29, 0.717) is 22.8 Å². The molecule has 0 saturated carbocycles. The van der Waals surface area contributed by atoms with Gasteiger partial charge in [-0.25, -0.2) is 0 Å². The van der Waals surface area contributed by atoms with Gasteiger partial charge < -0.3 is 9.64 Å². The number of fused-ring (bicyclic) bond motifs is 1. The number of aryl methyl sites for hydroxylation is 1. The molecule has 1 saturated heterocycles. The number of ketones is 1. The van der Waals surface area contributed by atoms with Crippen LogP contribution in [0, 0.1) is 6.92 Å². The van der Waals surface area contributed by atoms with Gasteiger partial charge in [-0.05, 0) is 18.6 Å². The van der Waals surface area contributed by atoms with E-state index < -0.39 is 11.7 Å². The molecule has 1 N–H and O–H groups in total. The van der Waals surface area contributed by atoms with Gasteiger partial charge in [-0.2, -0.15) is 0 Å². The molecule has 1 amide bonds. The first-order chi connectivity index (χ1) is 10.1. The van der Waals surface area contributed by atoms with Crippen molar-refractivity contribution in [2.24, 2.45) is 0 Å². The Labute approximate surface area is 128 Å². The van der Waals surface area contributed by atoms with Crippen molar-refractivity contribution < 1.29 is 19.2 Å². The fourth-order valence-corrected chi connectivity index (χ4v) is 3.20. The number of morpholine rings is 1. The Balaban J connectivity index is 1.82. The number of Topliss-reactive ketones (excluding diaryl/α,β-unsaturated/α-hetero) is 1. The Hall–Kier alpha value is -1.43. The monoisotopic (exact) mass is 309 g/mol. The summed E-state index contributed by atoms with van der Waals surface area (Å²) in [6, 6.07) is 3.53. The molecule has 1 aromatic carbocycles. The largest absolute Gasteiger partial charge is 0.370 e. The van der Waals surface area contributed by atoms with Crippen molar-refractivity contribution in [3.63, 3.8) is 0 Å². The molecule has 0 atom stereocenters. The van der Waals surface area contributed by atoms with Crippen LogP contribution < -0.4 is 9.80 Å². The number of hydrogen-bond donors (Lipinski definition) is 1. The van der Waals surface area contributed by atoms with Crippen LogP contribution in [0.4, 0.5) is 5.69 Å². The Morgan fingerprint density at radius 2 is 2.00 bits per heavy atom. The summed E-state index contributed by atoms with van der Waals surface area (Å²) in [4.78, 5) is 27.3. The summed E-state index contributed by atoms with van der Waals surface area (Å²) in [6.07, 6.45) is 0. The third-order valence-electron chi connectivity index (χ3n) is 4.15. The molecule has 3 rings (SSSR count). The van der Waals surface area contributed by atoms with Crippen LogP contribution in [0.3, 0.4) is 0 Å². The van der Waals surface area contributed by atoms with E-state index >= 15 is 0 Å². The smallest absolute Gasteiger partial charge is 0.299 e. The Morgan fingerprint density at radius 3 is 2.71 bits per heavy atom. The zero-order valence-electron chi connectivity index (χ0n) is 11.9. The minimum Gasteiger partial charge on any atom is -0.370 e. The van der Waals surface area contributed by atoms with Crippen molar-refractivity contribution in [2.45, 2.75) is 6.92 Å². The highest BCUT2D eigenvalue weighted by atomic mass is 35.5. The van der Waals surface area contributed by atoms with E-state index in [4.69, 9.17) is 16.3 Å². The van der Waals surface area contributed by atoms with Crippen LogP contribution >= 0.6 is 11.6 Å². The van der Waals surface area contributed by atoms with E-state index in [1.807, 2.05) is 13.0 Å². The van der Waals surface area contributed by atoms with Gasteiger partial charge in [0, 0.05) is 0 Å². The first-order valence-corrected chi connectivity index (χ1v) is 7.54. The second kappa shape index (κ2) is 5.75. The fraction of sp³-hybridized carbons (Fsp3) is 0.467. The molecule has 0 radical (unpaired) electrons. The van der Waals surface area contributed by atoms with Gasteiger partial charge in [0.05, 0.1) is 42.6 Å². The number of halogens is 1. The van der Waals surface area contributed by atoms with E-state index in [1.165, 1.54) is 4.90 Å². The number of ether oxygens (including phenoxy) is 1. The molecule has 0 aliphatic carbocycles. The Morgan fingerprint density at radius 1 is 1.29 bits per heavy atom. The van der Waals surface area contributed by atoms with E-state index in [2.05, 4.69) is 0 Å². The molecule has 0 unspecified atom stereocenters. The Kier molecular flexibility index (Phi) is 3.97. The van der Waals surface area contributed by atoms with Crippen molar-refractivity contribution in [3.05, 3.63) is 28.3 Å². The molecular weight excluding hydrogens is 292 g/mol. The third kappa shape index (κ3) is 2.57. The maximum Gasteiger partial charge on any atom is 0.299 e. The Bertz CT molecular complexity index is 597. The number of anilines is 1. The van der Waals surface area contributed by atoms with Gasteiger partial charge in [0.1, 0.15) is 13.1 Å². The lowest BCUT2D eigenvalue weighted by Gasteiger charge is -2.26. The number of amides is 1. The standard InChI is InChI=1S/C15H17ClN2O3/c1-10-2-3-11(16)12-13(10)18(15(20)14(12)19)5-4-17-6-8-21-9-7-17/h2-3H,4-9H2,1H3/p+1. The van der Waals surface area contributed by atoms with Crippen LogP contribution in [-0.2, 0) is 9.53 Å². The molecule has 1 fully saturated rings. The highest BCUT2D eigenvalue weighted by Crippen LogP contribution is 2.36. The van der Waals surface area contributed by atoms with E-state index in [-0.39, 0.29) is 0 Å². The molecule has 2 aliphatic heterocycles. The molecular formula is C15H18ClN2O3+. The molecule has 21 heavy (non-hydrogen) atoms. The zero-order chi connectivity index (χ0) is 15.0. The molecule has 0 aromatic heterocycles. The highest BCUT2D eigenvalue weighted by molar-refractivity contribution is 6.55. The van der Waals surface area contributed by atoms with Gasteiger partial charge in [-0.1, -0.05) is 17.7 Å². The van der Waals surface area contributed by atoms with Crippen molar-refractivity contribution >= 4 is 29.0 Å². The minimum absolute atomic E-state index is 0.357. The predicted molar refractivity (Wildman–Crippen MR) is 79.3 cm³/mol. The molecule has 112 valence electrons. The van der Waals surface area contributed by atoms with Gasteiger partial charge in [0.2, 0.25) is 0 Å². The summed E-state index contributed by atoms with van der Waals surface area (Å²) in [7, 11) is 0. The first kappa shape index (κ1) is 14.5. The second-order valence-corrected chi connectivity index (χ2v) is 5.89. The summed E-state index contributed by atoms with van der Waals surface area (Å²) in [5, 5.41) is 0.357. The number of rotatable bonds is 3. The average molecular weight is 310 g/mol. The molecule has 1 aromatic rings. The highest BCUT2D eigenvalue weighted by Gasteiger charge is 2.39. The lowest BCUT2D eigenvalue weighted by atomic mass is 10.1. The topological polar surface area (TPSA) is 51.1 Å². The van der Waals surface area contributed by atoms with Crippen molar-refractivity contribution in [1.82, 2.24) is 0 Å². The lowest BCUT2D eigenvalue weighted by molar-refractivity contribution is -0.906. The number of quaternary nitrogens is 1. The van der Waals surface area contributed by atoms with E-state index in [0.717, 1.165) is 38.4 Å². The van der Waals surface area contributed by atoms with E-state index in [1.54, 1.807) is 11.0 Å². The maximum atomic E-state index is 12.2. The fourth-order valence-electron chi connectivity index (χ4n) is 2.96. The van der Waals surface area contributed by atoms with Crippen molar-refractivity contribution in [1.29, 1.82) is 0 Å². The average Bonchev–Trinajstić information content (AvgIpc) is 2.75. The number of carbonyl (C=O) groups is 2. The van der Waals surface area contributed by atoms with Gasteiger partial charge in [0.25, 0.3) is 11.7 Å². The van der Waals surface area contributed by atoms with Crippen LogP contribution in [0.25, 0.3) is 0 Å². The summed E-state index contributed by atoms with van der Waals surface area (Å²) in [5.74, 6) is -0.954. The summed E-state index contributed by atoms with van der Waals surface area (Å²) < 4.78 is 5.33. The number of nitrogens with one attached hydrogen (secondary N) is 1. The van der Waals surface area contributed by atoms with Crippen LogP contribution in [0.5, 0.6) is 0 Å². The first-order valence-electron chi connectivity index (χ1n) is 7.16. The number of benzene rings is 1. The molecule has 5 nitrogen and oxygen atoms in total. The van der Waals surface area contributed by atoms with Gasteiger partial charge in [-0.3, -0.25) is 14.5 Å².